The number of piperidine rings is 1. The largest absolute Gasteiger partial charge is 0.380 e. The lowest BCUT2D eigenvalue weighted by Crippen LogP contribution is -2.43. The molecule has 2 rings (SSSR count). The molecule has 0 aromatic heterocycles. The van der Waals surface area contributed by atoms with Crippen LogP contribution in [0.2, 0.25) is 0 Å². The van der Waals surface area contributed by atoms with Crippen molar-refractivity contribution in [3.8, 4) is 0 Å². The van der Waals surface area contributed by atoms with Crippen LogP contribution in [0.4, 0.5) is 11.4 Å². The van der Waals surface area contributed by atoms with Gasteiger partial charge in [0.05, 0.1) is 4.92 Å². The van der Waals surface area contributed by atoms with Crippen LogP contribution in [0, 0.1) is 17.0 Å². The zero-order chi connectivity index (χ0) is 14.9. The van der Waals surface area contributed by atoms with Crippen LogP contribution in [0.15, 0.2) is 16.6 Å². The summed E-state index contributed by atoms with van der Waals surface area (Å²) in [7, 11) is 1.78. The highest BCUT2D eigenvalue weighted by atomic mass is 79.9. The molecule has 7 heteroatoms. The van der Waals surface area contributed by atoms with Gasteiger partial charge in [-0.15, -0.1) is 0 Å². The Bertz CT molecular complexity index is 562. The lowest BCUT2D eigenvalue weighted by atomic mass is 10.0. The highest BCUT2D eigenvalue weighted by Gasteiger charge is 2.24. The zero-order valence-corrected chi connectivity index (χ0v) is 12.9. The first-order valence-corrected chi connectivity index (χ1v) is 7.13. The van der Waals surface area contributed by atoms with Crippen molar-refractivity contribution in [1.29, 1.82) is 0 Å². The number of amides is 1. The number of likely N-dealkylation sites (tertiary alicyclic amines) is 1. The molecule has 1 N–H and O–H groups in total. The number of hydrogen-bond donors (Lipinski definition) is 1. The second-order valence-electron chi connectivity index (χ2n) is 5.03. The van der Waals surface area contributed by atoms with E-state index >= 15 is 0 Å². The number of likely N-dealkylation sites (N-methyl/N-ethyl adjacent to an activating group) is 1. The predicted octanol–water partition coefficient (Wildman–Crippen LogP) is 2.70. The Balaban J connectivity index is 2.16. The predicted molar refractivity (Wildman–Crippen MR) is 79.8 cm³/mol. The zero-order valence-electron chi connectivity index (χ0n) is 11.4. The summed E-state index contributed by atoms with van der Waals surface area (Å²) in [5.74, 6) is 0.155. The molecule has 0 bridgehead atoms. The van der Waals surface area contributed by atoms with Gasteiger partial charge in [0, 0.05) is 47.8 Å². The normalized spacial score (nSPS) is 19.1. The average Bonchev–Trinajstić information content (AvgIpc) is 2.37. The summed E-state index contributed by atoms with van der Waals surface area (Å²) in [4.78, 5) is 23.6. The maximum atomic E-state index is 11.4. The van der Waals surface area contributed by atoms with Gasteiger partial charge in [-0.3, -0.25) is 14.9 Å². The maximum Gasteiger partial charge on any atom is 0.273 e. The summed E-state index contributed by atoms with van der Waals surface area (Å²) in [6.07, 6.45) is 1.30. The molecule has 1 heterocycles. The number of halogens is 1. The van der Waals surface area contributed by atoms with E-state index in [1.54, 1.807) is 24.9 Å². The smallest absolute Gasteiger partial charge is 0.273 e. The van der Waals surface area contributed by atoms with Gasteiger partial charge in [-0.05, 0) is 35.3 Å². The average molecular weight is 342 g/mol. The Morgan fingerprint density at radius 1 is 1.50 bits per heavy atom. The molecule has 1 aromatic rings. The SMILES string of the molecule is Cc1cc(NC2CCC(=O)N(C)C2)c(Br)cc1[N+](=O)[O-]. The Morgan fingerprint density at radius 3 is 2.80 bits per heavy atom. The van der Waals surface area contributed by atoms with Gasteiger partial charge in [0.25, 0.3) is 5.69 Å². The van der Waals surface area contributed by atoms with Gasteiger partial charge in [0.15, 0.2) is 0 Å². The first kappa shape index (κ1) is 14.8. The van der Waals surface area contributed by atoms with Crippen molar-refractivity contribution in [2.45, 2.75) is 25.8 Å². The van der Waals surface area contributed by atoms with Crippen molar-refractivity contribution in [1.82, 2.24) is 4.90 Å². The Morgan fingerprint density at radius 2 is 2.20 bits per heavy atom. The van der Waals surface area contributed by atoms with Crippen molar-refractivity contribution in [3.63, 3.8) is 0 Å². The van der Waals surface area contributed by atoms with Gasteiger partial charge < -0.3 is 10.2 Å². The minimum atomic E-state index is -0.392. The van der Waals surface area contributed by atoms with Crippen LogP contribution in [0.1, 0.15) is 18.4 Å². The molecule has 20 heavy (non-hydrogen) atoms. The molecule has 0 aliphatic carbocycles. The van der Waals surface area contributed by atoms with Crippen LogP contribution < -0.4 is 5.32 Å². The fraction of sp³-hybridized carbons (Fsp3) is 0.462. The van der Waals surface area contributed by atoms with E-state index in [4.69, 9.17) is 0 Å². The Hall–Kier alpha value is -1.63. The summed E-state index contributed by atoms with van der Waals surface area (Å²) in [6.45, 7) is 2.35. The summed E-state index contributed by atoms with van der Waals surface area (Å²) < 4.78 is 0.661. The number of anilines is 1. The number of nitro benzene ring substituents is 1. The summed E-state index contributed by atoms with van der Waals surface area (Å²) in [5, 5.41) is 14.2. The number of benzene rings is 1. The topological polar surface area (TPSA) is 75.5 Å². The molecule has 1 aliphatic rings. The van der Waals surface area contributed by atoms with Gasteiger partial charge in [0.2, 0.25) is 5.91 Å². The Kier molecular flexibility index (Phi) is 4.27. The van der Waals surface area contributed by atoms with Crippen molar-refractivity contribution in [2.75, 3.05) is 18.9 Å². The molecular weight excluding hydrogens is 326 g/mol. The molecule has 1 aromatic carbocycles. The molecule has 1 amide bonds. The van der Waals surface area contributed by atoms with Crippen LogP contribution >= 0.6 is 15.9 Å². The number of nitro groups is 1. The van der Waals surface area contributed by atoms with Gasteiger partial charge in [-0.2, -0.15) is 0 Å². The minimum Gasteiger partial charge on any atom is -0.380 e. The van der Waals surface area contributed by atoms with Gasteiger partial charge >= 0.3 is 0 Å². The van der Waals surface area contributed by atoms with Gasteiger partial charge in [-0.1, -0.05) is 0 Å². The fourth-order valence-corrected chi connectivity index (χ4v) is 2.77. The number of nitrogens with zero attached hydrogens (tertiary/aromatic N) is 2. The summed E-state index contributed by atoms with van der Waals surface area (Å²) >= 11 is 3.36. The van der Waals surface area contributed by atoms with E-state index in [-0.39, 0.29) is 17.6 Å². The third-order valence-corrected chi connectivity index (χ3v) is 4.12. The number of nitrogens with one attached hydrogen (secondary N) is 1. The number of hydrogen-bond acceptors (Lipinski definition) is 4. The van der Waals surface area contributed by atoms with E-state index in [9.17, 15) is 14.9 Å². The van der Waals surface area contributed by atoms with Crippen LogP contribution in [-0.2, 0) is 4.79 Å². The van der Waals surface area contributed by atoms with E-state index in [2.05, 4.69) is 21.2 Å². The van der Waals surface area contributed by atoms with Crippen LogP contribution in [0.3, 0.4) is 0 Å². The fourth-order valence-electron chi connectivity index (χ4n) is 2.33. The van der Waals surface area contributed by atoms with Crippen LogP contribution in [0.25, 0.3) is 0 Å². The number of aryl methyl sites for hydroxylation is 1. The number of rotatable bonds is 3. The van der Waals surface area contributed by atoms with Crippen molar-refractivity contribution < 1.29 is 9.72 Å². The quantitative estimate of drug-likeness (QED) is 0.677. The van der Waals surface area contributed by atoms with E-state index in [1.165, 1.54) is 6.07 Å². The first-order chi connectivity index (χ1) is 9.38. The lowest BCUT2D eigenvalue weighted by molar-refractivity contribution is -0.385. The highest BCUT2D eigenvalue weighted by molar-refractivity contribution is 9.10. The van der Waals surface area contributed by atoms with Crippen LogP contribution in [-0.4, -0.2) is 35.4 Å². The molecule has 0 saturated carbocycles. The minimum absolute atomic E-state index is 0.0957. The maximum absolute atomic E-state index is 11.4. The molecular formula is C13H16BrN3O3. The molecule has 6 nitrogen and oxygen atoms in total. The van der Waals surface area contributed by atoms with E-state index in [1.807, 2.05) is 0 Å². The van der Waals surface area contributed by atoms with Crippen molar-refractivity contribution in [3.05, 3.63) is 32.3 Å². The summed E-state index contributed by atoms with van der Waals surface area (Å²) in [5.41, 5.74) is 1.53. The van der Waals surface area contributed by atoms with E-state index < -0.39 is 4.92 Å². The molecule has 108 valence electrons. The molecule has 1 atom stereocenters. The second kappa shape index (κ2) is 5.78. The van der Waals surface area contributed by atoms with Gasteiger partial charge in [-0.25, -0.2) is 0 Å². The van der Waals surface area contributed by atoms with E-state index in [0.29, 0.717) is 23.0 Å². The number of carbonyl (C=O) groups is 1. The highest BCUT2D eigenvalue weighted by Crippen LogP contribution is 2.31. The molecule has 1 saturated heterocycles. The van der Waals surface area contributed by atoms with Crippen LogP contribution in [0.5, 0.6) is 0 Å². The van der Waals surface area contributed by atoms with Gasteiger partial charge in [0.1, 0.15) is 0 Å². The lowest BCUT2D eigenvalue weighted by Gasteiger charge is -2.31. The molecule has 1 fully saturated rings. The summed E-state index contributed by atoms with van der Waals surface area (Å²) in [6, 6.07) is 3.43. The third-order valence-electron chi connectivity index (χ3n) is 3.47. The van der Waals surface area contributed by atoms with Crippen molar-refractivity contribution in [2.24, 2.45) is 0 Å². The molecule has 1 aliphatic heterocycles. The second-order valence-corrected chi connectivity index (χ2v) is 5.88. The molecule has 1 unspecified atom stereocenters. The molecule has 0 spiro atoms. The van der Waals surface area contributed by atoms with Crippen molar-refractivity contribution >= 4 is 33.2 Å². The molecule has 0 radical (unpaired) electrons. The third kappa shape index (κ3) is 3.09. The van der Waals surface area contributed by atoms with E-state index in [0.717, 1.165) is 12.1 Å². The Labute approximate surface area is 125 Å². The standard InChI is InChI=1S/C13H16BrN3O3/c1-8-5-11(10(14)6-12(8)17(19)20)15-9-3-4-13(18)16(2)7-9/h5-6,9,15H,3-4,7H2,1-2H3. The monoisotopic (exact) mass is 341 g/mol. The first-order valence-electron chi connectivity index (χ1n) is 6.33. The number of carbonyl (C=O) groups excluding carboxylic acids is 1.